The van der Waals surface area contributed by atoms with E-state index in [4.69, 9.17) is 9.63 Å². The molecule has 0 bridgehead atoms. The van der Waals surface area contributed by atoms with Crippen molar-refractivity contribution in [3.05, 3.63) is 29.5 Å². The predicted octanol–water partition coefficient (Wildman–Crippen LogP) is 2.89. The Morgan fingerprint density at radius 3 is 2.94 bits per heavy atom. The third kappa shape index (κ3) is 1.69. The predicted molar refractivity (Wildman–Crippen MR) is 62.0 cm³/mol. The van der Waals surface area contributed by atoms with Gasteiger partial charge in [0.05, 0.1) is 11.6 Å². The van der Waals surface area contributed by atoms with Crippen LogP contribution in [-0.4, -0.2) is 16.2 Å². The van der Waals surface area contributed by atoms with Crippen LogP contribution in [0.15, 0.2) is 22.7 Å². The summed E-state index contributed by atoms with van der Waals surface area (Å²) in [6, 6.07) is 5.50. The van der Waals surface area contributed by atoms with Crippen molar-refractivity contribution >= 4 is 16.9 Å². The molecule has 1 heterocycles. The molecule has 88 valence electrons. The second-order valence-corrected chi connectivity index (χ2v) is 4.66. The molecular formula is C13H13NO3. The van der Waals surface area contributed by atoms with Gasteiger partial charge in [-0.25, -0.2) is 0 Å². The average molecular weight is 231 g/mol. The number of hydrogen-bond acceptors (Lipinski definition) is 3. The molecule has 4 heteroatoms. The van der Waals surface area contributed by atoms with Crippen LogP contribution in [0.25, 0.3) is 11.0 Å². The van der Waals surface area contributed by atoms with Gasteiger partial charge in [0.2, 0.25) is 0 Å². The van der Waals surface area contributed by atoms with Gasteiger partial charge in [0, 0.05) is 11.3 Å². The number of nitrogens with zero attached hydrogens (tertiary/aromatic N) is 1. The Labute approximate surface area is 98.2 Å². The molecular weight excluding hydrogens is 218 g/mol. The van der Waals surface area contributed by atoms with Gasteiger partial charge in [-0.05, 0) is 37.5 Å². The first-order chi connectivity index (χ1) is 8.16. The maximum Gasteiger partial charge on any atom is 0.310 e. The van der Waals surface area contributed by atoms with Gasteiger partial charge in [0.1, 0.15) is 0 Å². The van der Waals surface area contributed by atoms with Crippen LogP contribution in [0, 0.1) is 0 Å². The van der Waals surface area contributed by atoms with Crippen LogP contribution in [-0.2, 0) is 4.79 Å². The van der Waals surface area contributed by atoms with Crippen molar-refractivity contribution in [1.29, 1.82) is 0 Å². The molecule has 1 aromatic carbocycles. The van der Waals surface area contributed by atoms with E-state index in [2.05, 4.69) is 5.16 Å². The lowest BCUT2D eigenvalue weighted by Gasteiger charge is -2.05. The summed E-state index contributed by atoms with van der Waals surface area (Å²) in [6.07, 6.45) is 2.31. The van der Waals surface area contributed by atoms with Gasteiger partial charge in [-0.15, -0.1) is 0 Å². The minimum atomic E-state index is -0.811. The quantitative estimate of drug-likeness (QED) is 0.882. The first kappa shape index (κ1) is 10.3. The molecule has 0 radical (unpaired) electrons. The number of aromatic nitrogens is 1. The molecule has 1 aromatic heterocycles. The number of carboxylic acid groups (broad SMARTS) is 1. The zero-order valence-corrected chi connectivity index (χ0v) is 9.51. The molecule has 3 rings (SSSR count). The molecule has 0 amide bonds. The molecule has 0 aliphatic heterocycles. The lowest BCUT2D eigenvalue weighted by molar-refractivity contribution is -0.138. The highest BCUT2D eigenvalue weighted by Crippen LogP contribution is 2.42. The smallest absolute Gasteiger partial charge is 0.310 e. The summed E-state index contributed by atoms with van der Waals surface area (Å²) in [5, 5.41) is 14.1. The number of carboxylic acids is 1. The van der Waals surface area contributed by atoms with Crippen LogP contribution in [0.4, 0.5) is 0 Å². The number of hydrogen-bond donors (Lipinski definition) is 1. The fourth-order valence-electron chi connectivity index (χ4n) is 2.04. The van der Waals surface area contributed by atoms with Gasteiger partial charge in [-0.3, -0.25) is 4.79 Å². The van der Waals surface area contributed by atoms with E-state index in [0.717, 1.165) is 35.1 Å². The Morgan fingerprint density at radius 1 is 1.53 bits per heavy atom. The molecule has 0 saturated heterocycles. The third-order valence-electron chi connectivity index (χ3n) is 3.36. The highest BCUT2D eigenvalue weighted by Gasteiger charge is 2.29. The van der Waals surface area contributed by atoms with Crippen LogP contribution in [0.1, 0.15) is 42.9 Å². The average Bonchev–Trinajstić information content (AvgIpc) is 3.07. The summed E-state index contributed by atoms with van der Waals surface area (Å²) >= 11 is 0. The fraction of sp³-hybridized carbons (Fsp3) is 0.385. The molecule has 4 nitrogen and oxygen atoms in total. The normalized spacial score (nSPS) is 17.2. The lowest BCUT2D eigenvalue weighted by atomic mass is 9.99. The zero-order valence-electron chi connectivity index (χ0n) is 9.51. The lowest BCUT2D eigenvalue weighted by Crippen LogP contribution is -2.06. The van der Waals surface area contributed by atoms with E-state index >= 15 is 0 Å². The Bertz CT molecular complexity index is 583. The molecule has 1 aliphatic rings. The number of aliphatic carboxylic acids is 1. The van der Waals surface area contributed by atoms with Gasteiger partial charge in [0.25, 0.3) is 0 Å². The van der Waals surface area contributed by atoms with Gasteiger partial charge in [0.15, 0.2) is 5.58 Å². The summed E-state index contributed by atoms with van der Waals surface area (Å²) in [5.41, 5.74) is 2.53. The van der Waals surface area contributed by atoms with Crippen LogP contribution < -0.4 is 0 Å². The van der Waals surface area contributed by atoms with Crippen molar-refractivity contribution in [2.45, 2.75) is 31.6 Å². The van der Waals surface area contributed by atoms with Crippen molar-refractivity contribution in [1.82, 2.24) is 5.16 Å². The minimum Gasteiger partial charge on any atom is -0.481 e. The van der Waals surface area contributed by atoms with E-state index < -0.39 is 11.9 Å². The van der Waals surface area contributed by atoms with Crippen LogP contribution in [0.2, 0.25) is 0 Å². The Hall–Kier alpha value is -1.84. The third-order valence-corrected chi connectivity index (χ3v) is 3.36. The summed E-state index contributed by atoms with van der Waals surface area (Å²) in [5.74, 6) is -0.804. The van der Waals surface area contributed by atoms with Crippen molar-refractivity contribution in [2.24, 2.45) is 0 Å². The van der Waals surface area contributed by atoms with Gasteiger partial charge < -0.3 is 9.63 Å². The molecule has 1 N–H and O–H groups in total. The summed E-state index contributed by atoms with van der Waals surface area (Å²) in [4.78, 5) is 11.0. The summed E-state index contributed by atoms with van der Waals surface area (Å²) in [7, 11) is 0. The van der Waals surface area contributed by atoms with E-state index in [1.54, 1.807) is 13.0 Å². The van der Waals surface area contributed by atoms with Crippen molar-refractivity contribution in [2.75, 3.05) is 0 Å². The van der Waals surface area contributed by atoms with Crippen LogP contribution in [0.5, 0.6) is 0 Å². The Morgan fingerprint density at radius 2 is 2.29 bits per heavy atom. The second kappa shape index (κ2) is 3.58. The molecule has 1 saturated carbocycles. The van der Waals surface area contributed by atoms with Gasteiger partial charge >= 0.3 is 5.97 Å². The number of fused-ring (bicyclic) bond motifs is 1. The maximum absolute atomic E-state index is 11.0. The number of benzene rings is 1. The standard InChI is InChI=1S/C13H13NO3/c1-7(13(15)16)9-4-5-11-10(6-9)12(14-17-11)8-2-3-8/h4-8H,2-3H2,1H3,(H,15,16). The van der Waals surface area contributed by atoms with E-state index in [0.29, 0.717) is 5.92 Å². The first-order valence-electron chi connectivity index (χ1n) is 5.79. The topological polar surface area (TPSA) is 63.3 Å². The van der Waals surface area contributed by atoms with Gasteiger partial charge in [-0.1, -0.05) is 11.2 Å². The molecule has 1 unspecified atom stereocenters. The highest BCUT2D eigenvalue weighted by molar-refractivity contribution is 5.84. The largest absolute Gasteiger partial charge is 0.481 e. The Balaban J connectivity index is 2.09. The number of carbonyl (C=O) groups is 1. The van der Waals surface area contributed by atoms with E-state index in [1.165, 1.54) is 0 Å². The molecule has 1 fully saturated rings. The van der Waals surface area contributed by atoms with E-state index in [9.17, 15) is 4.79 Å². The van der Waals surface area contributed by atoms with Gasteiger partial charge in [-0.2, -0.15) is 0 Å². The highest BCUT2D eigenvalue weighted by atomic mass is 16.5. The van der Waals surface area contributed by atoms with Crippen molar-refractivity contribution in [3.8, 4) is 0 Å². The molecule has 0 spiro atoms. The van der Waals surface area contributed by atoms with E-state index in [1.807, 2.05) is 12.1 Å². The first-order valence-corrected chi connectivity index (χ1v) is 5.79. The molecule has 1 atom stereocenters. The van der Waals surface area contributed by atoms with Crippen LogP contribution in [0.3, 0.4) is 0 Å². The monoisotopic (exact) mass is 231 g/mol. The summed E-state index contributed by atoms with van der Waals surface area (Å²) in [6.45, 7) is 1.69. The molecule has 2 aromatic rings. The maximum atomic E-state index is 11.0. The second-order valence-electron chi connectivity index (χ2n) is 4.66. The summed E-state index contributed by atoms with van der Waals surface area (Å²) < 4.78 is 5.25. The molecule has 17 heavy (non-hydrogen) atoms. The van der Waals surface area contributed by atoms with Crippen LogP contribution >= 0.6 is 0 Å². The minimum absolute atomic E-state index is 0.499. The fourth-order valence-corrected chi connectivity index (χ4v) is 2.04. The molecule has 1 aliphatic carbocycles. The van der Waals surface area contributed by atoms with E-state index in [-0.39, 0.29) is 0 Å². The van der Waals surface area contributed by atoms with Crippen molar-refractivity contribution in [3.63, 3.8) is 0 Å². The zero-order chi connectivity index (χ0) is 12.0. The number of rotatable bonds is 3. The SMILES string of the molecule is CC(C(=O)O)c1ccc2onc(C3CC3)c2c1. The van der Waals surface area contributed by atoms with Crippen molar-refractivity contribution < 1.29 is 14.4 Å². The Kier molecular flexibility index (Phi) is 2.18.